The van der Waals surface area contributed by atoms with Gasteiger partial charge >= 0.3 is 0 Å². The van der Waals surface area contributed by atoms with E-state index >= 15 is 0 Å². The van der Waals surface area contributed by atoms with Crippen molar-refractivity contribution in [2.45, 2.75) is 26.2 Å². The molecule has 0 saturated heterocycles. The Morgan fingerprint density at radius 3 is 0.980 bits per heavy atom. The normalized spacial score (nSPS) is 12.4. The van der Waals surface area contributed by atoms with E-state index in [0.29, 0.717) is 0 Å². The fraction of sp³-hybridized carbons (Fsp3) is 0.0870. The van der Waals surface area contributed by atoms with Gasteiger partial charge in [-0.1, -0.05) is 106 Å². The molecular formula is C46H35N3. The Balaban J connectivity index is 1.28. The van der Waals surface area contributed by atoms with Crippen molar-refractivity contribution >= 4 is 65.4 Å². The molecule has 0 atom stereocenters. The van der Waals surface area contributed by atoms with Crippen molar-refractivity contribution in [1.29, 1.82) is 0 Å². The van der Waals surface area contributed by atoms with Crippen LogP contribution in [-0.2, 0) is 5.41 Å². The highest BCUT2D eigenvalue weighted by Crippen LogP contribution is 2.39. The minimum Gasteiger partial charge on any atom is -0.309 e. The van der Waals surface area contributed by atoms with Crippen LogP contribution in [0.25, 0.3) is 82.5 Å². The molecule has 0 bridgehead atoms. The maximum atomic E-state index is 2.43. The molecule has 0 aliphatic carbocycles. The number of benzene rings is 7. The molecule has 0 N–H and O–H groups in total. The van der Waals surface area contributed by atoms with Crippen molar-refractivity contribution in [3.05, 3.63) is 163 Å². The van der Waals surface area contributed by atoms with Gasteiger partial charge in [0.1, 0.15) is 0 Å². The highest BCUT2D eigenvalue weighted by atomic mass is 15.0. The molecule has 0 fully saturated rings. The summed E-state index contributed by atoms with van der Waals surface area (Å²) in [7, 11) is 0. The molecule has 0 radical (unpaired) electrons. The van der Waals surface area contributed by atoms with Crippen LogP contribution in [0, 0.1) is 0 Å². The average molecular weight is 630 g/mol. The van der Waals surface area contributed by atoms with Gasteiger partial charge < -0.3 is 13.7 Å². The highest BCUT2D eigenvalue weighted by molar-refractivity contribution is 6.14. The SMILES string of the molecule is CC(C)(C)c1ccc(-n2c3ccc(-n4c5ccccc5c5ccccc54)cc3c3cc(-n4c5ccccc5c5ccccc54)ccc32)cc1. The predicted molar refractivity (Wildman–Crippen MR) is 208 cm³/mol. The first-order valence-electron chi connectivity index (χ1n) is 17.1. The van der Waals surface area contributed by atoms with Gasteiger partial charge in [0.05, 0.1) is 33.1 Å². The monoisotopic (exact) mass is 629 g/mol. The number of hydrogen-bond donors (Lipinski definition) is 0. The Morgan fingerprint density at radius 1 is 0.306 bits per heavy atom. The summed E-state index contributed by atoms with van der Waals surface area (Å²) in [6.45, 7) is 6.82. The number of nitrogens with zero attached hydrogens (tertiary/aromatic N) is 3. The third-order valence-corrected chi connectivity index (χ3v) is 10.4. The summed E-state index contributed by atoms with van der Waals surface area (Å²) in [5.74, 6) is 0. The minimum atomic E-state index is 0.0911. The molecule has 0 amide bonds. The van der Waals surface area contributed by atoms with Crippen LogP contribution < -0.4 is 0 Å². The third-order valence-electron chi connectivity index (χ3n) is 10.4. The molecule has 10 rings (SSSR count). The lowest BCUT2D eigenvalue weighted by molar-refractivity contribution is 0.590. The van der Waals surface area contributed by atoms with Crippen molar-refractivity contribution in [2.24, 2.45) is 0 Å². The van der Waals surface area contributed by atoms with Gasteiger partial charge in [0.25, 0.3) is 0 Å². The number of aromatic nitrogens is 3. The first-order chi connectivity index (χ1) is 24.0. The second-order valence-corrected chi connectivity index (χ2v) is 14.3. The van der Waals surface area contributed by atoms with Gasteiger partial charge in [-0.25, -0.2) is 0 Å². The van der Waals surface area contributed by atoms with E-state index in [1.807, 2.05) is 0 Å². The number of hydrogen-bond acceptors (Lipinski definition) is 0. The largest absolute Gasteiger partial charge is 0.309 e. The Labute approximate surface area is 284 Å². The third kappa shape index (κ3) is 4.09. The van der Waals surface area contributed by atoms with Gasteiger partial charge in [0.2, 0.25) is 0 Å². The van der Waals surface area contributed by atoms with E-state index < -0.39 is 0 Å². The van der Waals surface area contributed by atoms with Crippen molar-refractivity contribution in [3.8, 4) is 17.1 Å². The molecule has 0 aliphatic heterocycles. The van der Waals surface area contributed by atoms with Gasteiger partial charge in [0.15, 0.2) is 0 Å². The Kier molecular flexibility index (Phi) is 5.84. The van der Waals surface area contributed by atoms with Gasteiger partial charge in [-0.2, -0.15) is 0 Å². The molecule has 3 heteroatoms. The molecule has 0 saturated carbocycles. The average Bonchev–Trinajstić information content (AvgIpc) is 3.76. The molecule has 7 aromatic carbocycles. The zero-order valence-electron chi connectivity index (χ0n) is 27.9. The summed E-state index contributed by atoms with van der Waals surface area (Å²) in [6.07, 6.45) is 0. The van der Waals surface area contributed by atoms with Crippen LogP contribution in [-0.4, -0.2) is 13.7 Å². The summed E-state index contributed by atoms with van der Waals surface area (Å²) in [5, 5.41) is 7.55. The molecule has 0 spiro atoms. The van der Waals surface area contributed by atoms with Crippen molar-refractivity contribution < 1.29 is 0 Å². The van der Waals surface area contributed by atoms with Gasteiger partial charge in [-0.05, 0) is 83.8 Å². The van der Waals surface area contributed by atoms with Crippen LogP contribution in [0.4, 0.5) is 0 Å². The fourth-order valence-electron chi connectivity index (χ4n) is 8.07. The van der Waals surface area contributed by atoms with Gasteiger partial charge in [-0.3, -0.25) is 0 Å². The predicted octanol–water partition coefficient (Wildman–Crippen LogP) is 12.3. The lowest BCUT2D eigenvalue weighted by atomic mass is 9.87. The molecule has 3 nitrogen and oxygen atoms in total. The molecule has 3 aromatic heterocycles. The molecular weight excluding hydrogens is 595 g/mol. The minimum absolute atomic E-state index is 0.0911. The van der Waals surface area contributed by atoms with Crippen LogP contribution in [0.3, 0.4) is 0 Å². The number of rotatable bonds is 3. The van der Waals surface area contributed by atoms with Crippen molar-refractivity contribution in [2.75, 3.05) is 0 Å². The molecule has 0 unspecified atom stereocenters. The summed E-state index contributed by atoms with van der Waals surface area (Å²) < 4.78 is 7.27. The molecule has 49 heavy (non-hydrogen) atoms. The Bertz CT molecular complexity index is 2630. The van der Waals surface area contributed by atoms with Crippen LogP contribution >= 0.6 is 0 Å². The van der Waals surface area contributed by atoms with E-state index in [1.54, 1.807) is 0 Å². The van der Waals surface area contributed by atoms with Crippen LogP contribution in [0.5, 0.6) is 0 Å². The second-order valence-electron chi connectivity index (χ2n) is 14.3. The highest BCUT2D eigenvalue weighted by Gasteiger charge is 2.19. The fourth-order valence-corrected chi connectivity index (χ4v) is 8.07. The Morgan fingerprint density at radius 2 is 0.612 bits per heavy atom. The topological polar surface area (TPSA) is 14.8 Å². The van der Waals surface area contributed by atoms with Crippen LogP contribution in [0.2, 0.25) is 0 Å². The van der Waals surface area contributed by atoms with E-state index in [4.69, 9.17) is 0 Å². The van der Waals surface area contributed by atoms with E-state index in [0.717, 1.165) is 11.4 Å². The van der Waals surface area contributed by atoms with Crippen molar-refractivity contribution in [1.82, 2.24) is 13.7 Å². The lowest BCUT2D eigenvalue weighted by Gasteiger charge is -2.19. The first-order valence-corrected chi connectivity index (χ1v) is 17.1. The lowest BCUT2D eigenvalue weighted by Crippen LogP contribution is -2.10. The zero-order valence-corrected chi connectivity index (χ0v) is 27.9. The maximum absolute atomic E-state index is 2.43. The molecule has 234 valence electrons. The summed E-state index contributed by atoms with van der Waals surface area (Å²) in [6, 6.07) is 58.1. The number of para-hydroxylation sites is 4. The van der Waals surface area contributed by atoms with Crippen LogP contribution in [0.1, 0.15) is 26.3 Å². The first kappa shape index (κ1) is 28.0. The number of fused-ring (bicyclic) bond motifs is 9. The standard InChI is InChI=1S/C46H35N3/c1-46(2,3)30-20-22-31(23-21-30)47-44-26-24-32(48-40-16-8-4-12-34(40)35-13-5-9-17-41(35)48)28-38(44)39-29-33(25-27-45(39)47)49-42-18-10-6-14-36(42)37-15-7-11-19-43(37)49/h4-29H,1-3H3. The summed E-state index contributed by atoms with van der Waals surface area (Å²) in [5.41, 5.74) is 12.2. The molecule has 3 heterocycles. The van der Waals surface area contributed by atoms with Gasteiger partial charge in [0, 0.05) is 49.4 Å². The summed E-state index contributed by atoms with van der Waals surface area (Å²) in [4.78, 5) is 0. The zero-order chi connectivity index (χ0) is 32.9. The van der Waals surface area contributed by atoms with E-state index in [-0.39, 0.29) is 5.41 Å². The van der Waals surface area contributed by atoms with E-state index in [1.165, 1.54) is 76.7 Å². The van der Waals surface area contributed by atoms with Crippen LogP contribution in [0.15, 0.2) is 158 Å². The smallest absolute Gasteiger partial charge is 0.0542 e. The maximum Gasteiger partial charge on any atom is 0.0542 e. The van der Waals surface area contributed by atoms with Crippen molar-refractivity contribution in [3.63, 3.8) is 0 Å². The quantitative estimate of drug-likeness (QED) is 0.185. The molecule has 10 aromatic rings. The van der Waals surface area contributed by atoms with Gasteiger partial charge in [-0.15, -0.1) is 0 Å². The molecule has 0 aliphatic rings. The Hall–Kier alpha value is -6.06. The summed E-state index contributed by atoms with van der Waals surface area (Å²) >= 11 is 0. The second kappa shape index (κ2) is 10.2. The van der Waals surface area contributed by atoms with E-state index in [2.05, 4.69) is 192 Å². The van der Waals surface area contributed by atoms with E-state index in [9.17, 15) is 0 Å².